The second-order valence-corrected chi connectivity index (χ2v) is 5.64. The van der Waals surface area contributed by atoms with Gasteiger partial charge in [0.2, 0.25) is 0 Å². The molecule has 0 spiro atoms. The Hall–Kier alpha value is -2.37. The van der Waals surface area contributed by atoms with Crippen LogP contribution in [-0.4, -0.2) is 27.3 Å². The van der Waals surface area contributed by atoms with Crippen molar-refractivity contribution in [3.8, 4) is 5.75 Å². The Kier molecular flexibility index (Phi) is 4.60. The first-order chi connectivity index (χ1) is 11.2. The second-order valence-electron chi connectivity index (χ2n) is 5.64. The second kappa shape index (κ2) is 6.81. The first-order valence-corrected chi connectivity index (χ1v) is 8.17. The minimum atomic E-state index is -0.141. The number of aromatic nitrogens is 3. The molecule has 6 heteroatoms. The Labute approximate surface area is 135 Å². The third-order valence-corrected chi connectivity index (χ3v) is 4.14. The van der Waals surface area contributed by atoms with Crippen LogP contribution in [0.25, 0.3) is 0 Å². The summed E-state index contributed by atoms with van der Waals surface area (Å²) in [5, 5.41) is 7.24. The highest BCUT2D eigenvalue weighted by atomic mass is 16.5. The Morgan fingerprint density at radius 3 is 3.09 bits per heavy atom. The maximum absolute atomic E-state index is 12.6. The van der Waals surface area contributed by atoms with Crippen molar-refractivity contribution in [3.63, 3.8) is 0 Å². The molecular weight excluding hydrogens is 292 g/mol. The molecule has 0 unspecified atom stereocenters. The van der Waals surface area contributed by atoms with E-state index in [4.69, 9.17) is 4.74 Å². The first-order valence-electron chi connectivity index (χ1n) is 8.17. The number of amides is 1. The number of carbonyl (C=O) groups excluding carboxylic acids is 1. The summed E-state index contributed by atoms with van der Waals surface area (Å²) in [6.45, 7) is 5.53. The number of aryl methyl sites for hydroxylation is 2. The summed E-state index contributed by atoms with van der Waals surface area (Å²) < 4.78 is 7.41. The van der Waals surface area contributed by atoms with E-state index in [2.05, 4.69) is 15.4 Å². The number of rotatable bonds is 5. The maximum atomic E-state index is 12.6. The van der Waals surface area contributed by atoms with Crippen molar-refractivity contribution in [2.24, 2.45) is 0 Å². The van der Waals surface area contributed by atoms with Crippen LogP contribution in [0.15, 0.2) is 24.5 Å². The van der Waals surface area contributed by atoms with Crippen LogP contribution < -0.4 is 10.1 Å². The first kappa shape index (κ1) is 15.5. The van der Waals surface area contributed by atoms with Gasteiger partial charge in [0.25, 0.3) is 5.91 Å². The third-order valence-electron chi connectivity index (χ3n) is 4.14. The summed E-state index contributed by atoms with van der Waals surface area (Å²) in [7, 11) is 0. The fraction of sp³-hybridized carbons (Fsp3) is 0.471. The average molecular weight is 314 g/mol. The monoisotopic (exact) mass is 314 g/mol. The molecule has 6 nitrogen and oxygen atoms in total. The molecule has 1 aromatic heterocycles. The molecule has 122 valence electrons. The van der Waals surface area contributed by atoms with Crippen LogP contribution in [0.1, 0.15) is 54.5 Å². The normalized spacial score (nSPS) is 14.7. The Morgan fingerprint density at radius 1 is 1.43 bits per heavy atom. The van der Waals surface area contributed by atoms with Gasteiger partial charge in [0, 0.05) is 12.1 Å². The summed E-state index contributed by atoms with van der Waals surface area (Å²) in [5.41, 5.74) is 1.77. The molecule has 1 N–H and O–H groups in total. The molecule has 0 saturated heterocycles. The molecule has 1 amide bonds. The average Bonchev–Trinajstić information content (AvgIpc) is 3.07. The van der Waals surface area contributed by atoms with Gasteiger partial charge in [0.15, 0.2) is 0 Å². The Morgan fingerprint density at radius 2 is 2.30 bits per heavy atom. The van der Waals surface area contributed by atoms with E-state index in [1.54, 1.807) is 0 Å². The van der Waals surface area contributed by atoms with E-state index >= 15 is 0 Å². The van der Waals surface area contributed by atoms with Crippen LogP contribution in [0.4, 0.5) is 0 Å². The predicted octanol–water partition coefficient (Wildman–Crippen LogP) is 2.50. The topological polar surface area (TPSA) is 69.0 Å². The molecular formula is C17H22N4O2. The highest BCUT2D eigenvalue weighted by molar-refractivity contribution is 5.94. The lowest BCUT2D eigenvalue weighted by Gasteiger charge is -2.19. The van der Waals surface area contributed by atoms with Crippen molar-refractivity contribution in [1.29, 1.82) is 0 Å². The fourth-order valence-electron chi connectivity index (χ4n) is 2.88. The van der Waals surface area contributed by atoms with Crippen molar-refractivity contribution >= 4 is 5.91 Å². The Bertz CT molecular complexity index is 696. The van der Waals surface area contributed by atoms with Gasteiger partial charge in [-0.15, -0.1) is 0 Å². The molecule has 2 aromatic rings. The number of hydrogen-bond acceptors (Lipinski definition) is 4. The molecule has 1 aromatic carbocycles. The van der Waals surface area contributed by atoms with E-state index in [0.717, 1.165) is 49.6 Å². The highest BCUT2D eigenvalue weighted by Gasteiger charge is 2.20. The van der Waals surface area contributed by atoms with E-state index in [1.807, 2.05) is 36.7 Å². The molecule has 0 bridgehead atoms. The van der Waals surface area contributed by atoms with Gasteiger partial charge in [-0.3, -0.25) is 4.79 Å². The van der Waals surface area contributed by atoms with Gasteiger partial charge >= 0.3 is 0 Å². The van der Waals surface area contributed by atoms with E-state index < -0.39 is 0 Å². The van der Waals surface area contributed by atoms with E-state index in [9.17, 15) is 4.79 Å². The highest BCUT2D eigenvalue weighted by Crippen LogP contribution is 2.26. The third kappa shape index (κ3) is 3.21. The summed E-state index contributed by atoms with van der Waals surface area (Å²) in [6.07, 6.45) is 4.25. The smallest absolute Gasteiger partial charge is 0.251 e. The molecule has 0 aliphatic carbocycles. The fourth-order valence-corrected chi connectivity index (χ4v) is 2.88. The minimum Gasteiger partial charge on any atom is -0.493 e. The van der Waals surface area contributed by atoms with Crippen LogP contribution in [0.5, 0.6) is 5.75 Å². The zero-order chi connectivity index (χ0) is 16.2. The Balaban J connectivity index is 1.77. The quantitative estimate of drug-likeness (QED) is 0.920. The molecule has 0 saturated carbocycles. The van der Waals surface area contributed by atoms with Crippen LogP contribution in [0, 0.1) is 0 Å². The van der Waals surface area contributed by atoms with Crippen molar-refractivity contribution in [3.05, 3.63) is 41.5 Å². The number of ether oxygens (including phenoxy) is 1. The van der Waals surface area contributed by atoms with E-state index in [-0.39, 0.29) is 11.9 Å². The number of nitrogens with zero attached hydrogens (tertiary/aromatic N) is 3. The van der Waals surface area contributed by atoms with Crippen LogP contribution in [-0.2, 0) is 13.0 Å². The molecule has 2 heterocycles. The van der Waals surface area contributed by atoms with Crippen molar-refractivity contribution in [2.75, 3.05) is 6.61 Å². The number of hydrogen-bond donors (Lipinski definition) is 1. The molecule has 1 atom stereocenters. The SMILES string of the molecule is CC[C@H](NC(=O)c1ccc2c(c1)CCCO2)c1ncnn1CC. The molecule has 1 aliphatic heterocycles. The summed E-state index contributed by atoms with van der Waals surface area (Å²) in [5.74, 6) is 1.60. The predicted molar refractivity (Wildman–Crippen MR) is 86.5 cm³/mol. The summed E-state index contributed by atoms with van der Waals surface area (Å²) in [6, 6.07) is 5.49. The van der Waals surface area contributed by atoms with Gasteiger partial charge < -0.3 is 10.1 Å². The maximum Gasteiger partial charge on any atom is 0.251 e. The number of carbonyl (C=O) groups is 1. The van der Waals surface area contributed by atoms with Crippen molar-refractivity contribution in [2.45, 2.75) is 45.7 Å². The van der Waals surface area contributed by atoms with Gasteiger partial charge in [0.1, 0.15) is 17.9 Å². The largest absolute Gasteiger partial charge is 0.493 e. The van der Waals surface area contributed by atoms with E-state index in [1.165, 1.54) is 6.33 Å². The van der Waals surface area contributed by atoms with Crippen LogP contribution in [0.3, 0.4) is 0 Å². The molecule has 23 heavy (non-hydrogen) atoms. The molecule has 1 aliphatic rings. The molecule has 3 rings (SSSR count). The lowest BCUT2D eigenvalue weighted by molar-refractivity contribution is 0.0932. The zero-order valence-electron chi connectivity index (χ0n) is 13.6. The molecule has 0 fully saturated rings. The van der Waals surface area contributed by atoms with E-state index in [0.29, 0.717) is 5.56 Å². The standard InChI is InChI=1S/C17H22N4O2/c1-3-14(16-18-11-19-21(16)4-2)20-17(22)13-7-8-15-12(10-13)6-5-9-23-15/h7-8,10-11,14H,3-6,9H2,1-2H3,(H,20,22)/t14-/m0/s1. The number of nitrogens with one attached hydrogen (secondary N) is 1. The lowest BCUT2D eigenvalue weighted by atomic mass is 10.0. The van der Waals surface area contributed by atoms with Crippen LogP contribution in [0.2, 0.25) is 0 Å². The summed E-state index contributed by atoms with van der Waals surface area (Å²) >= 11 is 0. The summed E-state index contributed by atoms with van der Waals surface area (Å²) in [4.78, 5) is 16.9. The van der Waals surface area contributed by atoms with Gasteiger partial charge in [0.05, 0.1) is 12.6 Å². The zero-order valence-corrected chi connectivity index (χ0v) is 13.6. The number of benzene rings is 1. The van der Waals surface area contributed by atoms with Gasteiger partial charge in [-0.05, 0) is 49.9 Å². The van der Waals surface area contributed by atoms with Gasteiger partial charge in [-0.25, -0.2) is 9.67 Å². The van der Waals surface area contributed by atoms with Crippen molar-refractivity contribution in [1.82, 2.24) is 20.1 Å². The lowest BCUT2D eigenvalue weighted by Crippen LogP contribution is -2.30. The number of fused-ring (bicyclic) bond motifs is 1. The van der Waals surface area contributed by atoms with Crippen LogP contribution >= 0.6 is 0 Å². The van der Waals surface area contributed by atoms with Gasteiger partial charge in [-0.1, -0.05) is 6.92 Å². The van der Waals surface area contributed by atoms with Gasteiger partial charge in [-0.2, -0.15) is 5.10 Å². The van der Waals surface area contributed by atoms with Crippen molar-refractivity contribution < 1.29 is 9.53 Å². The minimum absolute atomic E-state index is 0.0872. The molecule has 0 radical (unpaired) electrons.